The molecule has 1 atom stereocenters. The predicted molar refractivity (Wildman–Crippen MR) is 97.6 cm³/mol. The second-order valence-corrected chi connectivity index (χ2v) is 8.86. The fourth-order valence-electron chi connectivity index (χ4n) is 1.67. The second kappa shape index (κ2) is 9.83. The molecule has 6 heteroatoms. The minimum Gasteiger partial charge on any atom is -0.313 e. The average molecular weight is 392 g/mol. The third-order valence-corrected chi connectivity index (χ3v) is 6.55. The van der Waals surface area contributed by atoms with E-state index >= 15 is 0 Å². The molecule has 0 spiro atoms. The van der Waals surface area contributed by atoms with E-state index < -0.39 is 7.52 Å². The molecule has 0 aromatic heterocycles. The van der Waals surface area contributed by atoms with Gasteiger partial charge in [-0.1, -0.05) is 48.3 Å². The second-order valence-electron chi connectivity index (χ2n) is 4.53. The van der Waals surface area contributed by atoms with Crippen LogP contribution >= 0.6 is 35.2 Å². The number of hydrogen-bond acceptors (Lipinski definition) is 3. The van der Waals surface area contributed by atoms with Crippen LogP contribution in [0.15, 0.2) is 33.5 Å². The Kier molecular flexibility index (Phi) is 8.88. The summed E-state index contributed by atoms with van der Waals surface area (Å²) in [6, 6.07) is 8.23. The molecule has 1 rings (SSSR count). The maximum absolute atomic E-state index is 12.5. The van der Waals surface area contributed by atoms with Crippen molar-refractivity contribution in [3.05, 3.63) is 34.3 Å². The number of nitrogens with zero attached hydrogens (tertiary/aromatic N) is 1. The minimum atomic E-state index is -2.86. The van der Waals surface area contributed by atoms with Crippen molar-refractivity contribution in [1.29, 1.82) is 0 Å². The number of thioether (sulfide) groups is 1. The van der Waals surface area contributed by atoms with E-state index in [1.165, 1.54) is 5.56 Å². The monoisotopic (exact) mass is 391 g/mol. The predicted octanol–water partition coefficient (Wildman–Crippen LogP) is 6.13. The Morgan fingerprint density at radius 1 is 1.29 bits per heavy atom. The SMILES string of the molecule is CCCC(=NP(=O)(CC)OCC)SCc1ccc(Br)cc1. The zero-order valence-corrected chi connectivity index (χ0v) is 16.1. The molecular weight excluding hydrogens is 369 g/mol. The van der Waals surface area contributed by atoms with Gasteiger partial charge in [0.15, 0.2) is 0 Å². The molecule has 0 aliphatic carbocycles. The van der Waals surface area contributed by atoms with E-state index in [1.54, 1.807) is 11.8 Å². The van der Waals surface area contributed by atoms with Gasteiger partial charge in [-0.2, -0.15) is 0 Å². The van der Waals surface area contributed by atoms with Crippen molar-refractivity contribution in [2.24, 2.45) is 4.76 Å². The molecule has 0 fully saturated rings. The Labute approximate surface area is 140 Å². The van der Waals surface area contributed by atoms with Crippen molar-refractivity contribution in [1.82, 2.24) is 0 Å². The first kappa shape index (κ1) is 19.0. The zero-order valence-electron chi connectivity index (χ0n) is 12.8. The summed E-state index contributed by atoms with van der Waals surface area (Å²) in [5.74, 6) is 0.835. The fraction of sp³-hybridized carbons (Fsp3) is 0.533. The average Bonchev–Trinajstić information content (AvgIpc) is 2.47. The molecule has 0 saturated heterocycles. The lowest BCUT2D eigenvalue weighted by molar-refractivity contribution is 0.335. The van der Waals surface area contributed by atoms with E-state index in [4.69, 9.17) is 4.52 Å². The first-order valence-electron chi connectivity index (χ1n) is 7.23. The highest BCUT2D eigenvalue weighted by atomic mass is 79.9. The Balaban J connectivity index is 2.76. The van der Waals surface area contributed by atoms with E-state index in [2.05, 4.69) is 39.7 Å². The van der Waals surface area contributed by atoms with Gasteiger partial charge in [0.05, 0.1) is 11.7 Å². The Morgan fingerprint density at radius 2 is 1.95 bits per heavy atom. The standard InChI is InChI=1S/C15H23BrNO2PS/c1-4-7-15(17-20(18,6-3)19-5-2)21-12-13-8-10-14(16)11-9-13/h8-11H,4-7,12H2,1-3H3. The van der Waals surface area contributed by atoms with Crippen molar-refractivity contribution in [2.45, 2.75) is 39.4 Å². The van der Waals surface area contributed by atoms with Crippen molar-refractivity contribution < 1.29 is 9.09 Å². The lowest BCUT2D eigenvalue weighted by Gasteiger charge is -2.13. The van der Waals surface area contributed by atoms with Crippen LogP contribution in [0.5, 0.6) is 0 Å². The van der Waals surface area contributed by atoms with E-state index in [0.29, 0.717) is 12.8 Å². The summed E-state index contributed by atoms with van der Waals surface area (Å²) in [7, 11) is -2.86. The van der Waals surface area contributed by atoms with Crippen LogP contribution < -0.4 is 0 Å². The van der Waals surface area contributed by atoms with Crippen molar-refractivity contribution >= 4 is 40.3 Å². The lowest BCUT2D eigenvalue weighted by Crippen LogP contribution is -1.97. The van der Waals surface area contributed by atoms with Crippen molar-refractivity contribution in [2.75, 3.05) is 12.8 Å². The van der Waals surface area contributed by atoms with E-state index in [0.717, 1.165) is 28.1 Å². The van der Waals surface area contributed by atoms with E-state index in [9.17, 15) is 4.57 Å². The number of halogens is 1. The molecule has 0 radical (unpaired) electrons. The Bertz CT molecular complexity index is 505. The maximum atomic E-state index is 12.5. The van der Waals surface area contributed by atoms with Gasteiger partial charge in [-0.3, -0.25) is 4.57 Å². The van der Waals surface area contributed by atoms with Gasteiger partial charge >= 0.3 is 7.52 Å². The Morgan fingerprint density at radius 3 is 2.48 bits per heavy atom. The topological polar surface area (TPSA) is 38.7 Å². The summed E-state index contributed by atoms with van der Waals surface area (Å²) in [4.78, 5) is 0. The zero-order chi connectivity index (χ0) is 15.7. The molecular formula is C15H23BrNO2PS. The summed E-state index contributed by atoms with van der Waals surface area (Å²) >= 11 is 5.09. The van der Waals surface area contributed by atoms with E-state index in [1.807, 2.05) is 26.0 Å². The van der Waals surface area contributed by atoms with Crippen molar-refractivity contribution in [3.63, 3.8) is 0 Å². The molecule has 1 unspecified atom stereocenters. The molecule has 0 N–H and O–H groups in total. The van der Waals surface area contributed by atoms with Crippen molar-refractivity contribution in [3.8, 4) is 0 Å². The molecule has 0 bridgehead atoms. The van der Waals surface area contributed by atoms with Gasteiger partial charge in [0.1, 0.15) is 0 Å². The molecule has 118 valence electrons. The highest BCUT2D eigenvalue weighted by Crippen LogP contribution is 2.49. The van der Waals surface area contributed by atoms with Crippen LogP contribution in [0.4, 0.5) is 0 Å². The molecule has 3 nitrogen and oxygen atoms in total. The first-order chi connectivity index (χ1) is 10.0. The van der Waals surface area contributed by atoms with E-state index in [-0.39, 0.29) is 0 Å². The van der Waals surface area contributed by atoms with Gasteiger partial charge in [0, 0.05) is 16.4 Å². The van der Waals surface area contributed by atoms with Crippen LogP contribution in [0.3, 0.4) is 0 Å². The Hall–Kier alpha value is -0.0900. The number of benzene rings is 1. The maximum Gasteiger partial charge on any atom is 0.314 e. The number of rotatable bonds is 8. The molecule has 21 heavy (non-hydrogen) atoms. The third-order valence-electron chi connectivity index (χ3n) is 2.78. The number of hydrogen-bond donors (Lipinski definition) is 0. The molecule has 1 aromatic carbocycles. The summed E-state index contributed by atoms with van der Waals surface area (Å²) in [5, 5.41) is 0.930. The summed E-state index contributed by atoms with van der Waals surface area (Å²) in [5.41, 5.74) is 1.23. The molecule has 0 heterocycles. The van der Waals surface area contributed by atoms with Crippen LogP contribution in [0.25, 0.3) is 0 Å². The lowest BCUT2D eigenvalue weighted by atomic mass is 10.2. The molecule has 1 aromatic rings. The minimum absolute atomic E-state index is 0.436. The summed E-state index contributed by atoms with van der Waals surface area (Å²) in [6.45, 7) is 6.26. The summed E-state index contributed by atoms with van der Waals surface area (Å²) < 4.78 is 23.4. The molecule has 0 amide bonds. The van der Waals surface area contributed by atoms with Crippen LogP contribution in [0, 0.1) is 0 Å². The van der Waals surface area contributed by atoms with Gasteiger partial charge in [-0.15, -0.1) is 11.8 Å². The van der Waals surface area contributed by atoms with Crippen LogP contribution in [0.2, 0.25) is 0 Å². The van der Waals surface area contributed by atoms with Crippen LogP contribution in [-0.4, -0.2) is 17.8 Å². The van der Waals surface area contributed by atoms with Crippen LogP contribution in [-0.2, 0) is 14.8 Å². The van der Waals surface area contributed by atoms with Gasteiger partial charge in [0.2, 0.25) is 0 Å². The van der Waals surface area contributed by atoms with Gasteiger partial charge in [0.25, 0.3) is 0 Å². The third kappa shape index (κ3) is 7.14. The fourth-order valence-corrected chi connectivity index (χ4v) is 4.64. The first-order valence-corrected chi connectivity index (χ1v) is 10.8. The highest BCUT2D eigenvalue weighted by molar-refractivity contribution is 9.10. The van der Waals surface area contributed by atoms with Gasteiger partial charge in [-0.25, -0.2) is 4.76 Å². The quantitative estimate of drug-likeness (QED) is 0.303. The van der Waals surface area contributed by atoms with Crippen LogP contribution in [0.1, 0.15) is 39.2 Å². The molecule has 0 aliphatic heterocycles. The normalized spacial score (nSPS) is 15.0. The van der Waals surface area contributed by atoms with Gasteiger partial charge < -0.3 is 4.52 Å². The van der Waals surface area contributed by atoms with Gasteiger partial charge in [-0.05, 0) is 31.0 Å². The largest absolute Gasteiger partial charge is 0.314 e. The molecule has 0 aliphatic rings. The smallest absolute Gasteiger partial charge is 0.313 e. The molecule has 0 saturated carbocycles. The highest BCUT2D eigenvalue weighted by Gasteiger charge is 2.19. The summed E-state index contributed by atoms with van der Waals surface area (Å²) in [6.07, 6.45) is 2.28.